The molecule has 2 aliphatic rings. The molecule has 0 aromatic rings. The minimum absolute atomic E-state index is 0.355. The number of aliphatic hydroxyl groups is 1. The summed E-state index contributed by atoms with van der Waals surface area (Å²) in [6, 6.07) is 0.605. The lowest BCUT2D eigenvalue weighted by Gasteiger charge is -2.30. The smallest absolute Gasteiger partial charge is 0.0897 e. The molecule has 2 fully saturated rings. The van der Waals surface area contributed by atoms with Crippen molar-refractivity contribution in [3.63, 3.8) is 0 Å². The van der Waals surface area contributed by atoms with Crippen LogP contribution in [-0.2, 0) is 4.74 Å². The van der Waals surface area contributed by atoms with Crippen LogP contribution in [0.2, 0.25) is 0 Å². The van der Waals surface area contributed by atoms with Crippen molar-refractivity contribution in [1.29, 1.82) is 0 Å². The number of rotatable bonds is 7. The van der Waals surface area contributed by atoms with Crippen LogP contribution in [0.4, 0.5) is 0 Å². The van der Waals surface area contributed by atoms with Gasteiger partial charge >= 0.3 is 0 Å². The van der Waals surface area contributed by atoms with Crippen LogP contribution in [0.1, 0.15) is 71.6 Å². The molecule has 0 aliphatic heterocycles. The predicted octanol–water partition coefficient (Wildman–Crippen LogP) is 3.50. The van der Waals surface area contributed by atoms with E-state index in [2.05, 4.69) is 19.2 Å². The van der Waals surface area contributed by atoms with Gasteiger partial charge in [0.1, 0.15) is 0 Å². The molecule has 124 valence electrons. The Morgan fingerprint density at radius 1 is 1.14 bits per heavy atom. The molecule has 0 amide bonds. The molecule has 0 bridgehead atoms. The molecule has 3 unspecified atom stereocenters. The van der Waals surface area contributed by atoms with Crippen LogP contribution in [0.3, 0.4) is 0 Å². The van der Waals surface area contributed by atoms with Crippen molar-refractivity contribution in [2.45, 2.75) is 89.9 Å². The zero-order valence-corrected chi connectivity index (χ0v) is 14.0. The molecule has 0 aromatic carbocycles. The SMILES string of the molecule is CCC1CCCC(NCC(O)COC2CCC(C)CC2)C1. The van der Waals surface area contributed by atoms with Gasteiger partial charge in [0.15, 0.2) is 0 Å². The van der Waals surface area contributed by atoms with E-state index in [4.69, 9.17) is 4.74 Å². The van der Waals surface area contributed by atoms with Crippen LogP contribution in [0.5, 0.6) is 0 Å². The minimum Gasteiger partial charge on any atom is -0.389 e. The lowest BCUT2D eigenvalue weighted by atomic mass is 9.84. The second-order valence-corrected chi connectivity index (χ2v) is 7.42. The van der Waals surface area contributed by atoms with Crippen molar-refractivity contribution in [3.8, 4) is 0 Å². The highest BCUT2D eigenvalue weighted by molar-refractivity contribution is 4.78. The molecule has 0 aromatic heterocycles. The summed E-state index contributed by atoms with van der Waals surface area (Å²) in [5.74, 6) is 1.74. The van der Waals surface area contributed by atoms with E-state index >= 15 is 0 Å². The molecule has 2 aliphatic carbocycles. The minimum atomic E-state index is -0.355. The molecule has 2 rings (SSSR count). The summed E-state index contributed by atoms with van der Waals surface area (Å²) in [7, 11) is 0. The van der Waals surface area contributed by atoms with Crippen LogP contribution < -0.4 is 5.32 Å². The van der Waals surface area contributed by atoms with Crippen molar-refractivity contribution in [1.82, 2.24) is 5.32 Å². The molecule has 3 heteroatoms. The maximum Gasteiger partial charge on any atom is 0.0897 e. The van der Waals surface area contributed by atoms with Gasteiger partial charge in [0.25, 0.3) is 0 Å². The lowest BCUT2D eigenvalue weighted by Crippen LogP contribution is -2.40. The van der Waals surface area contributed by atoms with Crippen LogP contribution in [0.25, 0.3) is 0 Å². The van der Waals surface area contributed by atoms with Gasteiger partial charge < -0.3 is 15.2 Å². The van der Waals surface area contributed by atoms with E-state index in [9.17, 15) is 5.11 Å². The standard InChI is InChI=1S/C18H35NO2/c1-3-15-5-4-6-16(11-15)19-12-17(20)13-21-18-9-7-14(2)8-10-18/h14-20H,3-13H2,1-2H3. The molecular formula is C18H35NO2. The molecule has 0 spiro atoms. The normalized spacial score (nSPS) is 35.6. The van der Waals surface area contributed by atoms with Crippen molar-refractivity contribution in [2.75, 3.05) is 13.2 Å². The van der Waals surface area contributed by atoms with Gasteiger partial charge in [-0.1, -0.05) is 33.1 Å². The topological polar surface area (TPSA) is 41.5 Å². The fourth-order valence-electron chi connectivity index (χ4n) is 3.85. The molecule has 3 atom stereocenters. The van der Waals surface area contributed by atoms with E-state index < -0.39 is 0 Å². The quantitative estimate of drug-likeness (QED) is 0.755. The molecule has 0 radical (unpaired) electrons. The van der Waals surface area contributed by atoms with E-state index in [-0.39, 0.29) is 6.10 Å². The Morgan fingerprint density at radius 2 is 1.90 bits per heavy atom. The van der Waals surface area contributed by atoms with Gasteiger partial charge in [0.05, 0.1) is 18.8 Å². The van der Waals surface area contributed by atoms with Crippen LogP contribution in [-0.4, -0.2) is 36.5 Å². The third-order valence-corrected chi connectivity index (χ3v) is 5.49. The largest absolute Gasteiger partial charge is 0.389 e. The second kappa shape index (κ2) is 9.12. The van der Waals surface area contributed by atoms with Crippen molar-refractivity contribution >= 4 is 0 Å². The summed E-state index contributed by atoms with van der Waals surface area (Å²) < 4.78 is 5.89. The highest BCUT2D eigenvalue weighted by atomic mass is 16.5. The summed E-state index contributed by atoms with van der Waals surface area (Å²) in [5, 5.41) is 13.6. The van der Waals surface area contributed by atoms with Gasteiger partial charge in [-0.2, -0.15) is 0 Å². The van der Waals surface area contributed by atoms with E-state index in [0.29, 0.717) is 25.3 Å². The third kappa shape index (κ3) is 6.25. The fraction of sp³-hybridized carbons (Fsp3) is 1.00. The maximum atomic E-state index is 10.1. The number of hydrogen-bond donors (Lipinski definition) is 2. The van der Waals surface area contributed by atoms with Crippen molar-refractivity contribution in [3.05, 3.63) is 0 Å². The number of nitrogens with one attached hydrogen (secondary N) is 1. The third-order valence-electron chi connectivity index (χ3n) is 5.49. The predicted molar refractivity (Wildman–Crippen MR) is 87.4 cm³/mol. The molecule has 2 saturated carbocycles. The van der Waals surface area contributed by atoms with Gasteiger partial charge in [0, 0.05) is 12.6 Å². The number of ether oxygens (including phenoxy) is 1. The van der Waals surface area contributed by atoms with E-state index in [1.165, 1.54) is 57.8 Å². The number of hydrogen-bond acceptors (Lipinski definition) is 3. The van der Waals surface area contributed by atoms with Crippen LogP contribution in [0.15, 0.2) is 0 Å². The van der Waals surface area contributed by atoms with E-state index in [1.807, 2.05) is 0 Å². The van der Waals surface area contributed by atoms with Crippen LogP contribution in [0, 0.1) is 11.8 Å². The maximum absolute atomic E-state index is 10.1. The Kier molecular flexibility index (Phi) is 7.48. The average molecular weight is 297 g/mol. The first-order valence-corrected chi connectivity index (χ1v) is 9.20. The Balaban J connectivity index is 1.56. The monoisotopic (exact) mass is 297 g/mol. The van der Waals surface area contributed by atoms with E-state index in [0.717, 1.165) is 11.8 Å². The Hall–Kier alpha value is -0.120. The van der Waals surface area contributed by atoms with Crippen molar-refractivity contribution in [2.24, 2.45) is 11.8 Å². The zero-order chi connectivity index (χ0) is 15.1. The number of aliphatic hydroxyl groups excluding tert-OH is 1. The Labute approximate surface area is 130 Å². The van der Waals surface area contributed by atoms with Gasteiger partial charge in [-0.05, 0) is 50.4 Å². The van der Waals surface area contributed by atoms with Gasteiger partial charge in [-0.3, -0.25) is 0 Å². The summed E-state index contributed by atoms with van der Waals surface area (Å²) in [6.07, 6.45) is 11.5. The molecule has 3 nitrogen and oxygen atoms in total. The van der Waals surface area contributed by atoms with Crippen LogP contribution >= 0.6 is 0 Å². The van der Waals surface area contributed by atoms with Crippen molar-refractivity contribution < 1.29 is 9.84 Å². The summed E-state index contributed by atoms with van der Waals surface area (Å²) in [5.41, 5.74) is 0. The molecule has 2 N–H and O–H groups in total. The van der Waals surface area contributed by atoms with E-state index in [1.54, 1.807) is 0 Å². The Bertz CT molecular complexity index is 276. The Morgan fingerprint density at radius 3 is 2.62 bits per heavy atom. The summed E-state index contributed by atoms with van der Waals surface area (Å²) >= 11 is 0. The highest BCUT2D eigenvalue weighted by Gasteiger charge is 2.22. The summed E-state index contributed by atoms with van der Waals surface area (Å²) in [6.45, 7) is 5.80. The fourth-order valence-corrected chi connectivity index (χ4v) is 3.85. The molecule has 0 heterocycles. The first-order valence-electron chi connectivity index (χ1n) is 9.20. The van der Waals surface area contributed by atoms with Gasteiger partial charge in [-0.25, -0.2) is 0 Å². The molecule has 21 heavy (non-hydrogen) atoms. The first kappa shape index (κ1) is 17.2. The summed E-state index contributed by atoms with van der Waals surface area (Å²) in [4.78, 5) is 0. The highest BCUT2D eigenvalue weighted by Crippen LogP contribution is 2.27. The molecule has 0 saturated heterocycles. The van der Waals surface area contributed by atoms with Gasteiger partial charge in [0.2, 0.25) is 0 Å². The lowest BCUT2D eigenvalue weighted by molar-refractivity contribution is -0.0287. The first-order chi connectivity index (χ1) is 10.2. The zero-order valence-electron chi connectivity index (χ0n) is 14.0. The average Bonchev–Trinajstić information content (AvgIpc) is 2.52. The van der Waals surface area contributed by atoms with Gasteiger partial charge in [-0.15, -0.1) is 0 Å². The molecular weight excluding hydrogens is 262 g/mol. The second-order valence-electron chi connectivity index (χ2n) is 7.42.